The average molecular weight is 429 g/mol. The highest BCUT2D eigenvalue weighted by Crippen LogP contribution is 2.37. The molecule has 2 aliphatic rings. The number of nitrogens with zero attached hydrogens (tertiary/aromatic N) is 4. The van der Waals surface area contributed by atoms with E-state index in [2.05, 4.69) is 15.0 Å². The van der Waals surface area contributed by atoms with Gasteiger partial charge in [0.2, 0.25) is 5.91 Å². The molecule has 1 aromatic carbocycles. The second kappa shape index (κ2) is 9.70. The molecule has 8 nitrogen and oxygen atoms in total. The van der Waals surface area contributed by atoms with Crippen molar-refractivity contribution < 1.29 is 18.8 Å². The minimum Gasteiger partial charge on any atom is -0.493 e. The fraction of sp³-hybridized carbons (Fsp3) is 0.565. The number of hydrogen-bond acceptors (Lipinski definition) is 7. The van der Waals surface area contributed by atoms with Gasteiger partial charge < -0.3 is 18.9 Å². The molecule has 0 spiro atoms. The van der Waals surface area contributed by atoms with Crippen molar-refractivity contribution in [3.8, 4) is 11.5 Å². The van der Waals surface area contributed by atoms with Crippen LogP contribution in [-0.4, -0.2) is 79.3 Å². The van der Waals surface area contributed by atoms with Gasteiger partial charge in [-0.25, -0.2) is 0 Å². The Morgan fingerprint density at radius 3 is 2.48 bits per heavy atom. The van der Waals surface area contributed by atoms with Crippen LogP contribution < -0.4 is 9.47 Å². The van der Waals surface area contributed by atoms with Crippen molar-refractivity contribution >= 4 is 5.91 Å². The number of ether oxygens (including phenoxy) is 2. The largest absolute Gasteiger partial charge is 0.493 e. The van der Waals surface area contributed by atoms with E-state index in [9.17, 15) is 4.79 Å². The standard InChI is InChI=1S/C23H32N4O4/c1-17-13-19(24-31-17)15-25-9-11-26(12-10-25)16-23(28)27-8-4-5-20(27)18-6-7-21(29-2)22(14-18)30-3/h6-7,13-14,20H,4-5,8-12,15-16H2,1-3H3. The summed E-state index contributed by atoms with van der Waals surface area (Å²) in [6.45, 7) is 7.62. The smallest absolute Gasteiger partial charge is 0.237 e. The Bertz CT molecular complexity index is 891. The van der Waals surface area contributed by atoms with Gasteiger partial charge in [0.25, 0.3) is 0 Å². The van der Waals surface area contributed by atoms with Crippen LogP contribution in [0.5, 0.6) is 11.5 Å². The monoisotopic (exact) mass is 428 g/mol. The van der Waals surface area contributed by atoms with Crippen molar-refractivity contribution in [2.45, 2.75) is 32.4 Å². The highest BCUT2D eigenvalue weighted by Gasteiger charge is 2.32. The zero-order valence-corrected chi connectivity index (χ0v) is 18.7. The summed E-state index contributed by atoms with van der Waals surface area (Å²) in [4.78, 5) is 19.8. The summed E-state index contributed by atoms with van der Waals surface area (Å²) in [5.41, 5.74) is 2.08. The van der Waals surface area contributed by atoms with Gasteiger partial charge in [0.05, 0.1) is 32.5 Å². The quantitative estimate of drug-likeness (QED) is 0.671. The lowest BCUT2D eigenvalue weighted by atomic mass is 10.0. The van der Waals surface area contributed by atoms with Crippen LogP contribution in [0.1, 0.15) is 35.9 Å². The van der Waals surface area contributed by atoms with E-state index in [4.69, 9.17) is 14.0 Å². The molecule has 0 aliphatic carbocycles. The highest BCUT2D eigenvalue weighted by atomic mass is 16.5. The summed E-state index contributed by atoms with van der Waals surface area (Å²) in [7, 11) is 3.28. The number of aromatic nitrogens is 1. The Hall–Kier alpha value is -2.58. The zero-order chi connectivity index (χ0) is 21.8. The first-order valence-corrected chi connectivity index (χ1v) is 11.0. The Labute approximate surface area is 183 Å². The molecule has 168 valence electrons. The number of carbonyl (C=O) groups is 1. The van der Waals surface area contributed by atoms with Gasteiger partial charge in [0, 0.05) is 45.3 Å². The third-order valence-electron chi connectivity index (χ3n) is 6.25. The van der Waals surface area contributed by atoms with Crippen LogP contribution in [0.4, 0.5) is 0 Å². The summed E-state index contributed by atoms with van der Waals surface area (Å²) in [5.74, 6) is 2.46. The molecule has 0 bridgehead atoms. The number of likely N-dealkylation sites (tertiary alicyclic amines) is 1. The van der Waals surface area contributed by atoms with Crippen LogP contribution in [0, 0.1) is 6.92 Å². The number of hydrogen-bond donors (Lipinski definition) is 0. The Kier molecular flexibility index (Phi) is 6.77. The van der Waals surface area contributed by atoms with Crippen molar-refractivity contribution in [2.75, 3.05) is 53.5 Å². The Morgan fingerprint density at radius 2 is 1.81 bits per heavy atom. The van der Waals surface area contributed by atoms with Gasteiger partial charge in [-0.2, -0.15) is 0 Å². The molecule has 2 aromatic rings. The molecule has 1 aromatic heterocycles. The van der Waals surface area contributed by atoms with E-state index in [-0.39, 0.29) is 11.9 Å². The second-order valence-corrected chi connectivity index (χ2v) is 8.34. The van der Waals surface area contributed by atoms with E-state index in [0.29, 0.717) is 18.0 Å². The molecule has 31 heavy (non-hydrogen) atoms. The normalized spacial score (nSPS) is 20.2. The summed E-state index contributed by atoms with van der Waals surface area (Å²) in [5, 5.41) is 4.08. The van der Waals surface area contributed by atoms with Gasteiger partial charge in [-0.05, 0) is 37.5 Å². The first-order valence-electron chi connectivity index (χ1n) is 11.0. The Morgan fingerprint density at radius 1 is 1.06 bits per heavy atom. The Balaban J connectivity index is 1.32. The van der Waals surface area contributed by atoms with Gasteiger partial charge >= 0.3 is 0 Å². The van der Waals surface area contributed by atoms with Crippen LogP contribution in [0.25, 0.3) is 0 Å². The van der Waals surface area contributed by atoms with Gasteiger partial charge in [-0.3, -0.25) is 14.6 Å². The molecule has 1 atom stereocenters. The third-order valence-corrected chi connectivity index (χ3v) is 6.25. The van der Waals surface area contributed by atoms with E-state index < -0.39 is 0 Å². The lowest BCUT2D eigenvalue weighted by Gasteiger charge is -2.35. The first-order chi connectivity index (χ1) is 15.1. The molecule has 0 radical (unpaired) electrons. The fourth-order valence-electron chi connectivity index (χ4n) is 4.58. The molecule has 2 fully saturated rings. The maximum Gasteiger partial charge on any atom is 0.237 e. The molecule has 2 saturated heterocycles. The molecule has 1 unspecified atom stereocenters. The van der Waals surface area contributed by atoms with E-state index >= 15 is 0 Å². The summed E-state index contributed by atoms with van der Waals surface area (Å²) < 4.78 is 16.0. The molecule has 2 aliphatic heterocycles. The second-order valence-electron chi connectivity index (χ2n) is 8.34. The molecule has 0 N–H and O–H groups in total. The predicted octanol–water partition coefficient (Wildman–Crippen LogP) is 2.48. The van der Waals surface area contributed by atoms with Crippen molar-refractivity contribution in [3.05, 3.63) is 41.3 Å². The van der Waals surface area contributed by atoms with Crippen molar-refractivity contribution in [1.29, 1.82) is 0 Å². The highest BCUT2D eigenvalue weighted by molar-refractivity contribution is 5.79. The van der Waals surface area contributed by atoms with Crippen LogP contribution in [0.3, 0.4) is 0 Å². The molecule has 8 heteroatoms. The molecule has 0 saturated carbocycles. The molecule has 1 amide bonds. The van der Waals surface area contributed by atoms with E-state index in [1.807, 2.05) is 36.1 Å². The maximum absolute atomic E-state index is 13.1. The lowest BCUT2D eigenvalue weighted by Crippen LogP contribution is -2.49. The number of amides is 1. The van der Waals surface area contributed by atoms with Crippen LogP contribution in [0.2, 0.25) is 0 Å². The number of rotatable bonds is 7. The number of aryl methyl sites for hydroxylation is 1. The molecular formula is C23H32N4O4. The van der Waals surface area contributed by atoms with Crippen LogP contribution in [-0.2, 0) is 11.3 Å². The number of methoxy groups -OCH3 is 2. The summed E-state index contributed by atoms with van der Waals surface area (Å²) in [6, 6.07) is 8.05. The van der Waals surface area contributed by atoms with E-state index in [1.165, 1.54) is 0 Å². The topological polar surface area (TPSA) is 71.3 Å². The molecule has 4 rings (SSSR count). The minimum absolute atomic E-state index is 0.101. The van der Waals surface area contributed by atoms with Crippen molar-refractivity contribution in [2.24, 2.45) is 0 Å². The summed E-state index contributed by atoms with van der Waals surface area (Å²) in [6.07, 6.45) is 2.00. The third kappa shape index (κ3) is 5.02. The van der Waals surface area contributed by atoms with Gasteiger partial charge in [-0.1, -0.05) is 11.2 Å². The number of benzene rings is 1. The van der Waals surface area contributed by atoms with Crippen molar-refractivity contribution in [3.63, 3.8) is 0 Å². The van der Waals surface area contributed by atoms with Crippen LogP contribution >= 0.6 is 0 Å². The van der Waals surface area contributed by atoms with Gasteiger partial charge in [0.1, 0.15) is 5.76 Å². The lowest BCUT2D eigenvalue weighted by molar-refractivity contribution is -0.133. The maximum atomic E-state index is 13.1. The summed E-state index contributed by atoms with van der Waals surface area (Å²) >= 11 is 0. The van der Waals surface area contributed by atoms with Crippen molar-refractivity contribution in [1.82, 2.24) is 19.9 Å². The first kappa shape index (κ1) is 21.6. The van der Waals surface area contributed by atoms with E-state index in [1.54, 1.807) is 14.2 Å². The molecular weight excluding hydrogens is 396 g/mol. The number of carbonyl (C=O) groups excluding carboxylic acids is 1. The SMILES string of the molecule is COc1ccc(C2CCCN2C(=O)CN2CCN(Cc3cc(C)on3)CC2)cc1OC. The average Bonchev–Trinajstić information content (AvgIpc) is 3.43. The minimum atomic E-state index is 0.101. The van der Waals surface area contributed by atoms with Crippen LogP contribution in [0.15, 0.2) is 28.8 Å². The number of piperazine rings is 1. The van der Waals surface area contributed by atoms with Gasteiger partial charge in [-0.15, -0.1) is 0 Å². The fourth-order valence-corrected chi connectivity index (χ4v) is 4.58. The predicted molar refractivity (Wildman–Crippen MR) is 116 cm³/mol. The van der Waals surface area contributed by atoms with Gasteiger partial charge in [0.15, 0.2) is 11.5 Å². The zero-order valence-electron chi connectivity index (χ0n) is 18.7. The molecule has 3 heterocycles. The van der Waals surface area contributed by atoms with E-state index in [0.717, 1.165) is 69.1 Å².